The Kier molecular flexibility index (Phi) is 16.5. The summed E-state index contributed by atoms with van der Waals surface area (Å²) in [4.78, 5) is 0. The van der Waals surface area contributed by atoms with Gasteiger partial charge in [-0.3, -0.25) is 0 Å². The second-order valence-electron chi connectivity index (χ2n) is 5.61. The predicted octanol–water partition coefficient (Wildman–Crippen LogP) is 5.43. The van der Waals surface area contributed by atoms with Crippen molar-refractivity contribution in [1.82, 2.24) is 0 Å². The van der Waals surface area contributed by atoms with Gasteiger partial charge in [-0.05, 0) is 32.1 Å². The van der Waals surface area contributed by atoms with Crippen LogP contribution in [0.4, 0.5) is 0 Å². The Labute approximate surface area is 148 Å². The number of unbranched alkanes of at least 4 members (excludes halogenated alkanes) is 1. The summed E-state index contributed by atoms with van der Waals surface area (Å²) in [6, 6.07) is 0. The molecule has 0 aromatic carbocycles. The van der Waals surface area contributed by atoms with Crippen LogP contribution in [0, 0.1) is 0 Å². The van der Waals surface area contributed by atoms with E-state index < -0.39 is 12.2 Å². The van der Waals surface area contributed by atoms with Crippen molar-refractivity contribution in [2.75, 3.05) is 0 Å². The summed E-state index contributed by atoms with van der Waals surface area (Å²) in [5, 5.41) is 19.5. The molecule has 0 spiro atoms. The summed E-state index contributed by atoms with van der Waals surface area (Å²) in [6.45, 7) is 4.24. The molecule has 0 aliphatic rings. The number of allylic oxidation sites excluding steroid dienone is 8. The standard InChI is InChI=1S/C22H34O2/c1-3-5-7-8-9-10-14-18-22(24)20-16-12-11-15-19-21(23)17-13-6-4-2/h6-8,10-16,19-24H,3-5,9,17-18H2,1-2H3/b8-7-,12-11+,13-6-,14-10-,19-15-,20-16+/t21-,22+/m0/s1. The normalized spacial score (nSPS) is 16.0. The molecule has 0 amide bonds. The molecule has 0 aliphatic heterocycles. The number of aliphatic hydroxyl groups is 2. The molecule has 0 aromatic rings. The van der Waals surface area contributed by atoms with Gasteiger partial charge < -0.3 is 10.2 Å². The van der Waals surface area contributed by atoms with Gasteiger partial charge in [-0.25, -0.2) is 0 Å². The first-order chi connectivity index (χ1) is 11.7. The third-order valence-corrected chi connectivity index (χ3v) is 3.22. The molecule has 2 heteroatoms. The summed E-state index contributed by atoms with van der Waals surface area (Å²) in [5.74, 6) is 0. The molecule has 0 saturated heterocycles. The van der Waals surface area contributed by atoms with Crippen molar-refractivity contribution in [2.24, 2.45) is 0 Å². The quantitative estimate of drug-likeness (QED) is 0.349. The van der Waals surface area contributed by atoms with Gasteiger partial charge in [0.15, 0.2) is 0 Å². The molecule has 0 rings (SSSR count). The predicted molar refractivity (Wildman–Crippen MR) is 106 cm³/mol. The lowest BCUT2D eigenvalue weighted by Crippen LogP contribution is -1.98. The Morgan fingerprint density at radius 2 is 1.21 bits per heavy atom. The minimum Gasteiger partial charge on any atom is -0.389 e. The lowest BCUT2D eigenvalue weighted by atomic mass is 10.2. The molecule has 0 saturated carbocycles. The van der Waals surface area contributed by atoms with E-state index in [9.17, 15) is 10.2 Å². The molecule has 2 nitrogen and oxygen atoms in total. The van der Waals surface area contributed by atoms with E-state index in [1.165, 1.54) is 6.42 Å². The number of aliphatic hydroxyl groups excluding tert-OH is 2. The van der Waals surface area contributed by atoms with Gasteiger partial charge in [-0.2, -0.15) is 0 Å². The average molecular weight is 331 g/mol. The first-order valence-corrected chi connectivity index (χ1v) is 9.03. The van der Waals surface area contributed by atoms with Crippen LogP contribution in [0.3, 0.4) is 0 Å². The molecule has 0 bridgehead atoms. The fourth-order valence-electron chi connectivity index (χ4n) is 1.86. The number of hydrogen-bond acceptors (Lipinski definition) is 2. The van der Waals surface area contributed by atoms with Gasteiger partial charge in [0.05, 0.1) is 12.2 Å². The largest absolute Gasteiger partial charge is 0.389 e. The summed E-state index contributed by atoms with van der Waals surface area (Å²) < 4.78 is 0. The van der Waals surface area contributed by atoms with Crippen LogP contribution in [0.25, 0.3) is 0 Å². The second-order valence-corrected chi connectivity index (χ2v) is 5.61. The third kappa shape index (κ3) is 16.7. The van der Waals surface area contributed by atoms with E-state index in [-0.39, 0.29) is 0 Å². The highest BCUT2D eigenvalue weighted by Crippen LogP contribution is 1.99. The van der Waals surface area contributed by atoms with Crippen LogP contribution in [-0.4, -0.2) is 22.4 Å². The van der Waals surface area contributed by atoms with Gasteiger partial charge in [-0.1, -0.05) is 93.2 Å². The van der Waals surface area contributed by atoms with Gasteiger partial charge in [0.2, 0.25) is 0 Å². The number of hydrogen-bond donors (Lipinski definition) is 2. The summed E-state index contributed by atoms with van der Waals surface area (Å²) in [7, 11) is 0. The topological polar surface area (TPSA) is 40.5 Å². The van der Waals surface area contributed by atoms with Crippen LogP contribution in [0.2, 0.25) is 0 Å². The monoisotopic (exact) mass is 330 g/mol. The zero-order valence-corrected chi connectivity index (χ0v) is 15.2. The van der Waals surface area contributed by atoms with Crippen molar-refractivity contribution in [1.29, 1.82) is 0 Å². The fourth-order valence-corrected chi connectivity index (χ4v) is 1.86. The van der Waals surface area contributed by atoms with Gasteiger partial charge in [0, 0.05) is 0 Å². The van der Waals surface area contributed by atoms with E-state index in [1.54, 1.807) is 12.2 Å². The van der Waals surface area contributed by atoms with Crippen molar-refractivity contribution in [3.05, 3.63) is 72.9 Å². The van der Waals surface area contributed by atoms with Crippen molar-refractivity contribution in [2.45, 2.75) is 64.6 Å². The lowest BCUT2D eigenvalue weighted by molar-refractivity contribution is 0.226. The lowest BCUT2D eigenvalue weighted by Gasteiger charge is -1.99. The Hall–Kier alpha value is -1.64. The summed E-state index contributed by atoms with van der Waals surface area (Å²) in [5.41, 5.74) is 0. The molecule has 0 radical (unpaired) electrons. The maximum Gasteiger partial charge on any atom is 0.0758 e. The van der Waals surface area contributed by atoms with Crippen LogP contribution in [0.15, 0.2) is 72.9 Å². The first-order valence-electron chi connectivity index (χ1n) is 9.03. The molecule has 2 N–H and O–H groups in total. The Morgan fingerprint density at radius 3 is 1.75 bits per heavy atom. The van der Waals surface area contributed by atoms with Crippen LogP contribution in [0.5, 0.6) is 0 Å². The molecule has 134 valence electrons. The van der Waals surface area contributed by atoms with Crippen molar-refractivity contribution < 1.29 is 10.2 Å². The molecule has 0 heterocycles. The van der Waals surface area contributed by atoms with Crippen molar-refractivity contribution >= 4 is 0 Å². The zero-order valence-electron chi connectivity index (χ0n) is 15.2. The van der Waals surface area contributed by atoms with Crippen LogP contribution < -0.4 is 0 Å². The van der Waals surface area contributed by atoms with Crippen molar-refractivity contribution in [3.8, 4) is 0 Å². The van der Waals surface area contributed by atoms with E-state index in [0.29, 0.717) is 12.8 Å². The molecule has 0 fully saturated rings. The van der Waals surface area contributed by atoms with Gasteiger partial charge in [0.1, 0.15) is 0 Å². The maximum absolute atomic E-state index is 9.80. The highest BCUT2D eigenvalue weighted by Gasteiger charge is 1.93. The van der Waals surface area contributed by atoms with E-state index in [0.717, 1.165) is 19.3 Å². The second kappa shape index (κ2) is 17.7. The van der Waals surface area contributed by atoms with Crippen molar-refractivity contribution in [3.63, 3.8) is 0 Å². The molecule has 0 aliphatic carbocycles. The van der Waals surface area contributed by atoms with E-state index in [1.807, 2.05) is 42.5 Å². The van der Waals surface area contributed by atoms with E-state index >= 15 is 0 Å². The SMILES string of the molecule is CC/C=C\C[C@H](O)\C=C/C=C/C=C/[C@H](O)C/C=C\C/C=C\CCC. The van der Waals surface area contributed by atoms with Crippen LogP contribution in [0.1, 0.15) is 52.4 Å². The van der Waals surface area contributed by atoms with Crippen LogP contribution >= 0.6 is 0 Å². The van der Waals surface area contributed by atoms with Gasteiger partial charge in [0.25, 0.3) is 0 Å². The smallest absolute Gasteiger partial charge is 0.0758 e. The molecule has 0 aromatic heterocycles. The average Bonchev–Trinajstić information content (AvgIpc) is 2.57. The van der Waals surface area contributed by atoms with Crippen LogP contribution in [-0.2, 0) is 0 Å². The molecular formula is C22H34O2. The Balaban J connectivity index is 3.87. The van der Waals surface area contributed by atoms with Gasteiger partial charge >= 0.3 is 0 Å². The highest BCUT2D eigenvalue weighted by atomic mass is 16.3. The zero-order chi connectivity index (χ0) is 17.9. The van der Waals surface area contributed by atoms with E-state index in [2.05, 4.69) is 32.1 Å². The molecular weight excluding hydrogens is 296 g/mol. The highest BCUT2D eigenvalue weighted by molar-refractivity contribution is 5.13. The van der Waals surface area contributed by atoms with E-state index in [4.69, 9.17) is 0 Å². The molecule has 0 unspecified atom stereocenters. The first kappa shape index (κ1) is 22.4. The third-order valence-electron chi connectivity index (χ3n) is 3.22. The maximum atomic E-state index is 9.80. The Bertz CT molecular complexity index is 439. The summed E-state index contributed by atoms with van der Waals surface area (Å²) in [6.07, 6.45) is 28.0. The fraction of sp³-hybridized carbons (Fsp3) is 0.455. The number of rotatable bonds is 13. The Morgan fingerprint density at radius 1 is 0.667 bits per heavy atom. The minimum absolute atomic E-state index is 0.441. The molecule has 24 heavy (non-hydrogen) atoms. The summed E-state index contributed by atoms with van der Waals surface area (Å²) >= 11 is 0. The molecule has 2 atom stereocenters. The minimum atomic E-state index is -0.459. The van der Waals surface area contributed by atoms with Gasteiger partial charge in [-0.15, -0.1) is 0 Å².